The second-order valence-electron chi connectivity index (χ2n) is 10.6. The molecule has 0 bridgehead atoms. The average molecular weight is 684 g/mol. The van der Waals surface area contributed by atoms with Gasteiger partial charge in [-0.05, 0) is 114 Å². The highest BCUT2D eigenvalue weighted by Gasteiger charge is 2.15. The molecule has 0 saturated heterocycles. The highest BCUT2D eigenvalue weighted by molar-refractivity contribution is 9.13. The molecule has 43 heavy (non-hydrogen) atoms. The minimum Gasteiger partial charge on any atom is -0.337 e. The van der Waals surface area contributed by atoms with Gasteiger partial charge in [0.1, 0.15) is 0 Å². The number of nitrogens with zero attached hydrogens (tertiary/aromatic N) is 2. The van der Waals surface area contributed by atoms with Gasteiger partial charge in [0.05, 0.1) is 9.08 Å². The summed E-state index contributed by atoms with van der Waals surface area (Å²) in [6, 6.07) is 54.2. The van der Waals surface area contributed by atoms with Crippen LogP contribution in [0, 0.1) is 0 Å². The van der Waals surface area contributed by atoms with Gasteiger partial charge in [-0.3, -0.25) is 0 Å². The predicted molar refractivity (Wildman–Crippen MR) is 189 cm³/mol. The Labute approximate surface area is 269 Å². The molecule has 0 aliphatic heterocycles. The lowest BCUT2D eigenvalue weighted by Crippen LogP contribution is -2.09. The van der Waals surface area contributed by atoms with Gasteiger partial charge < -0.3 is 9.47 Å². The van der Waals surface area contributed by atoms with Gasteiger partial charge in [-0.15, -0.1) is 0 Å². The molecule has 0 atom stereocenters. The Morgan fingerprint density at radius 2 is 0.814 bits per heavy atom. The van der Waals surface area contributed by atoms with Gasteiger partial charge >= 0.3 is 0 Å². The lowest BCUT2D eigenvalue weighted by molar-refractivity contribution is 0.937. The highest BCUT2D eigenvalue weighted by atomic mass is 79.9. The molecule has 1 aromatic heterocycles. The lowest BCUT2D eigenvalue weighted by Gasteiger charge is -2.26. The van der Waals surface area contributed by atoms with Crippen molar-refractivity contribution >= 4 is 59.8 Å². The molecule has 1 heterocycles. The largest absolute Gasteiger partial charge is 0.337 e. The molecule has 6 aromatic carbocycles. The first-order valence-electron chi connectivity index (χ1n) is 14.2. The van der Waals surface area contributed by atoms with Crippen molar-refractivity contribution in [3.05, 3.63) is 161 Å². The summed E-state index contributed by atoms with van der Waals surface area (Å²) in [4.78, 5) is 2.32. The minimum atomic E-state index is 1.04. The van der Waals surface area contributed by atoms with Crippen LogP contribution < -0.4 is 4.90 Å². The van der Waals surface area contributed by atoms with Gasteiger partial charge in [0.2, 0.25) is 0 Å². The lowest BCUT2D eigenvalue weighted by atomic mass is 10.0. The van der Waals surface area contributed by atoms with Crippen molar-refractivity contribution in [3.8, 4) is 33.4 Å². The summed E-state index contributed by atoms with van der Waals surface area (Å²) < 4.78 is 4.27. The zero-order valence-electron chi connectivity index (χ0n) is 23.6. The summed E-state index contributed by atoms with van der Waals surface area (Å²) in [6.07, 6.45) is 0. The van der Waals surface area contributed by atoms with E-state index in [2.05, 4.69) is 200 Å². The Kier molecular flexibility index (Phi) is 7.48. The van der Waals surface area contributed by atoms with E-state index in [4.69, 9.17) is 0 Å². The molecule has 0 saturated carbocycles. The van der Waals surface area contributed by atoms with E-state index >= 15 is 0 Å². The zero-order valence-corrected chi connectivity index (χ0v) is 26.8. The van der Waals surface area contributed by atoms with Gasteiger partial charge in [-0.1, -0.05) is 103 Å². The van der Waals surface area contributed by atoms with Crippen LogP contribution in [0.15, 0.2) is 161 Å². The number of rotatable bonds is 6. The Morgan fingerprint density at radius 3 is 1.26 bits per heavy atom. The van der Waals surface area contributed by atoms with Crippen LogP contribution >= 0.6 is 31.9 Å². The molecule has 208 valence electrons. The predicted octanol–water partition coefficient (Wildman–Crippen LogP) is 12.2. The molecule has 0 aliphatic carbocycles. The van der Waals surface area contributed by atoms with E-state index in [-0.39, 0.29) is 0 Å². The number of halogens is 2. The first kappa shape index (κ1) is 27.5. The smallest absolute Gasteiger partial charge is 0.0999 e. The fourth-order valence-electron chi connectivity index (χ4n) is 5.67. The van der Waals surface area contributed by atoms with Crippen LogP contribution in [0.4, 0.5) is 17.1 Å². The number of hydrogen-bond acceptors (Lipinski definition) is 1. The van der Waals surface area contributed by atoms with Crippen LogP contribution in [0.3, 0.4) is 0 Å². The standard InChI is InChI=1S/C39H28Br2N2/c1-42-37-25-18-32(26-36(37)38(40)39(42)41)31-16-23-35(24-17-31)43(33-19-12-29(13-20-33)27-8-4-2-5-9-27)34-21-14-30(15-22-34)28-10-6-3-7-11-28/h2-26H,1H3. The van der Waals surface area contributed by atoms with Gasteiger partial charge in [0.15, 0.2) is 0 Å². The first-order valence-corrected chi connectivity index (χ1v) is 15.8. The quantitative estimate of drug-likeness (QED) is 0.169. The molecule has 7 aromatic rings. The van der Waals surface area contributed by atoms with Crippen LogP contribution in [0.5, 0.6) is 0 Å². The molecule has 0 amide bonds. The van der Waals surface area contributed by atoms with Crippen molar-refractivity contribution in [1.29, 1.82) is 0 Å². The van der Waals surface area contributed by atoms with Crippen LogP contribution in [-0.2, 0) is 7.05 Å². The van der Waals surface area contributed by atoms with E-state index < -0.39 is 0 Å². The monoisotopic (exact) mass is 682 g/mol. The second-order valence-corrected chi connectivity index (χ2v) is 12.1. The minimum absolute atomic E-state index is 1.04. The third-order valence-electron chi connectivity index (χ3n) is 7.99. The molecule has 2 nitrogen and oxygen atoms in total. The van der Waals surface area contributed by atoms with Gasteiger partial charge in [-0.2, -0.15) is 0 Å². The van der Waals surface area contributed by atoms with Gasteiger partial charge in [-0.25, -0.2) is 0 Å². The maximum Gasteiger partial charge on any atom is 0.0999 e. The summed E-state index contributed by atoms with van der Waals surface area (Å²) in [6.45, 7) is 0. The van der Waals surface area contributed by atoms with E-state index in [1.807, 2.05) is 0 Å². The van der Waals surface area contributed by atoms with Crippen LogP contribution in [0.25, 0.3) is 44.3 Å². The molecule has 0 spiro atoms. The van der Waals surface area contributed by atoms with E-state index in [9.17, 15) is 0 Å². The Bertz CT molecular complexity index is 1930. The van der Waals surface area contributed by atoms with E-state index in [0.717, 1.165) is 26.1 Å². The SMILES string of the molecule is Cn1c(Br)c(Br)c2cc(-c3ccc(N(c4ccc(-c5ccccc5)cc4)c4ccc(-c5ccccc5)cc4)cc3)ccc21. The molecule has 0 fully saturated rings. The summed E-state index contributed by atoms with van der Waals surface area (Å²) in [7, 11) is 2.07. The van der Waals surface area contributed by atoms with Crippen molar-refractivity contribution in [3.63, 3.8) is 0 Å². The van der Waals surface area contributed by atoms with E-state index in [1.54, 1.807) is 0 Å². The molecule has 0 N–H and O–H groups in total. The van der Waals surface area contributed by atoms with Crippen molar-refractivity contribution in [1.82, 2.24) is 4.57 Å². The first-order chi connectivity index (χ1) is 21.1. The van der Waals surface area contributed by atoms with Crippen LogP contribution in [0.1, 0.15) is 0 Å². The molecular formula is C39H28Br2N2. The zero-order chi connectivity index (χ0) is 29.3. The van der Waals surface area contributed by atoms with Crippen LogP contribution in [-0.4, -0.2) is 4.57 Å². The molecule has 0 radical (unpaired) electrons. The molecule has 0 unspecified atom stereocenters. The molecule has 0 aliphatic rings. The average Bonchev–Trinajstić information content (AvgIpc) is 3.29. The fourth-order valence-corrected chi connectivity index (χ4v) is 6.65. The van der Waals surface area contributed by atoms with Crippen molar-refractivity contribution in [2.75, 3.05) is 4.90 Å². The van der Waals surface area contributed by atoms with E-state index in [0.29, 0.717) is 0 Å². The normalized spacial score (nSPS) is 11.1. The van der Waals surface area contributed by atoms with Crippen molar-refractivity contribution in [2.24, 2.45) is 7.05 Å². The van der Waals surface area contributed by atoms with Crippen molar-refractivity contribution < 1.29 is 0 Å². The number of aryl methyl sites for hydroxylation is 1. The molecular weight excluding hydrogens is 656 g/mol. The summed E-state index contributed by atoms with van der Waals surface area (Å²) in [5.74, 6) is 0. The summed E-state index contributed by atoms with van der Waals surface area (Å²) in [5, 5.41) is 1.19. The molecule has 4 heteroatoms. The summed E-state index contributed by atoms with van der Waals surface area (Å²) in [5.41, 5.74) is 11.7. The third-order valence-corrected chi connectivity index (χ3v) is 10.3. The Hall–Kier alpha value is -4.38. The number of benzene rings is 6. The number of aromatic nitrogens is 1. The molecule has 7 rings (SSSR count). The Morgan fingerprint density at radius 1 is 0.442 bits per heavy atom. The summed E-state index contributed by atoms with van der Waals surface area (Å²) >= 11 is 7.44. The number of hydrogen-bond donors (Lipinski definition) is 0. The number of anilines is 3. The fraction of sp³-hybridized carbons (Fsp3) is 0.0256. The van der Waals surface area contributed by atoms with E-state index in [1.165, 1.54) is 44.3 Å². The van der Waals surface area contributed by atoms with Crippen LogP contribution in [0.2, 0.25) is 0 Å². The highest BCUT2D eigenvalue weighted by Crippen LogP contribution is 2.39. The maximum atomic E-state index is 3.76. The Balaban J connectivity index is 1.27. The van der Waals surface area contributed by atoms with Gasteiger partial charge in [0.25, 0.3) is 0 Å². The number of fused-ring (bicyclic) bond motifs is 1. The maximum absolute atomic E-state index is 3.76. The third kappa shape index (κ3) is 5.33. The van der Waals surface area contributed by atoms with Crippen molar-refractivity contribution in [2.45, 2.75) is 0 Å². The second kappa shape index (κ2) is 11.7. The topological polar surface area (TPSA) is 8.17 Å². The van der Waals surface area contributed by atoms with Gasteiger partial charge in [0, 0.05) is 35.0 Å².